The van der Waals surface area contributed by atoms with Crippen LogP contribution in [0.5, 0.6) is 0 Å². The molecular weight excluding hydrogens is 796 g/mol. The molecule has 0 aliphatic carbocycles. The summed E-state index contributed by atoms with van der Waals surface area (Å²) in [6, 6.07) is 31.7. The first-order valence-electron chi connectivity index (χ1n) is 13.7. The Morgan fingerprint density at radius 2 is 0.956 bits per heavy atom. The molecule has 9 nitrogen and oxygen atoms in total. The van der Waals surface area contributed by atoms with Gasteiger partial charge in [0.25, 0.3) is 23.6 Å². The van der Waals surface area contributed by atoms with Crippen molar-refractivity contribution in [1.82, 2.24) is 10.9 Å². The Balaban J connectivity index is 0.000000179. The summed E-state index contributed by atoms with van der Waals surface area (Å²) in [5.41, 5.74) is 9.43. The largest absolute Gasteiger partial charge is 0.378 e. The fourth-order valence-corrected chi connectivity index (χ4v) is 5.13. The first-order valence-corrected chi connectivity index (χ1v) is 15.8. The monoisotopic (exact) mass is 823 g/mol. The van der Waals surface area contributed by atoms with Crippen molar-refractivity contribution in [2.24, 2.45) is 0 Å². The van der Waals surface area contributed by atoms with E-state index >= 15 is 0 Å². The van der Waals surface area contributed by atoms with Crippen LogP contribution >= 0.6 is 45.2 Å². The third-order valence-electron chi connectivity index (χ3n) is 6.78. The average molecular weight is 823 g/mol. The molecule has 0 spiro atoms. The van der Waals surface area contributed by atoms with Gasteiger partial charge in [0.2, 0.25) is 0 Å². The minimum Gasteiger partial charge on any atom is -0.378 e. The summed E-state index contributed by atoms with van der Waals surface area (Å²) in [6.45, 7) is 0. The van der Waals surface area contributed by atoms with E-state index in [2.05, 4.69) is 56.0 Å². The summed E-state index contributed by atoms with van der Waals surface area (Å²) in [4.78, 5) is 51.1. The summed E-state index contributed by atoms with van der Waals surface area (Å²) in [6.07, 6.45) is 3.22. The summed E-state index contributed by atoms with van der Waals surface area (Å²) in [7, 11) is 3.92. The highest BCUT2D eigenvalue weighted by Gasteiger charge is 2.35. The zero-order valence-electron chi connectivity index (χ0n) is 24.2. The lowest BCUT2D eigenvalue weighted by Crippen LogP contribution is -2.35. The first kappa shape index (κ1) is 31.9. The van der Waals surface area contributed by atoms with E-state index in [1.54, 1.807) is 36.4 Å². The summed E-state index contributed by atoms with van der Waals surface area (Å²) >= 11 is 4.38. The molecule has 0 radical (unpaired) electrons. The number of nitrogens with zero attached hydrogens (tertiary/aromatic N) is 3. The molecule has 2 heterocycles. The smallest absolute Gasteiger partial charge is 0.282 e. The highest BCUT2D eigenvalue weighted by molar-refractivity contribution is 14.1. The number of rotatable bonds is 5. The number of hydrogen-bond acceptors (Lipinski definition) is 5. The van der Waals surface area contributed by atoms with Crippen LogP contribution in [0, 0.1) is 7.14 Å². The summed E-state index contributed by atoms with van der Waals surface area (Å²) in [5, 5.41) is 2.55. The Kier molecular flexibility index (Phi) is 9.98. The number of nitrogens with one attached hydrogen (secondary N) is 2. The first-order chi connectivity index (χ1) is 21.6. The van der Waals surface area contributed by atoms with Gasteiger partial charge in [-0.25, -0.2) is 10.0 Å². The van der Waals surface area contributed by atoms with Crippen molar-refractivity contribution >= 4 is 98.0 Å². The maximum Gasteiger partial charge on any atom is 0.282 e. The number of hydrazine groups is 2. The fourth-order valence-electron chi connectivity index (χ4n) is 4.41. The van der Waals surface area contributed by atoms with E-state index in [-0.39, 0.29) is 28.9 Å². The Morgan fingerprint density at radius 1 is 0.556 bits per heavy atom. The predicted octanol–water partition coefficient (Wildman–Crippen LogP) is 5.57. The second kappa shape index (κ2) is 14.1. The third kappa shape index (κ3) is 7.60. The number of anilines is 3. The quantitative estimate of drug-likeness (QED) is 0.156. The molecule has 2 aliphatic heterocycles. The Bertz CT molecular complexity index is 1800. The van der Waals surface area contributed by atoms with Crippen molar-refractivity contribution in [3.05, 3.63) is 133 Å². The maximum atomic E-state index is 12.5. The van der Waals surface area contributed by atoms with Gasteiger partial charge in [-0.2, -0.15) is 0 Å². The van der Waals surface area contributed by atoms with Crippen molar-refractivity contribution in [3.8, 4) is 0 Å². The topological polar surface area (TPSA) is 102 Å². The zero-order chi connectivity index (χ0) is 32.1. The molecule has 4 aromatic rings. The van der Waals surface area contributed by atoms with E-state index in [1.165, 1.54) is 10.0 Å². The molecule has 0 saturated carbocycles. The molecule has 0 aromatic heterocycles. The Hall–Kier alpha value is -4.50. The minimum absolute atomic E-state index is 0.131. The molecule has 2 aliphatic rings. The van der Waals surface area contributed by atoms with Crippen LogP contribution in [0.3, 0.4) is 0 Å². The zero-order valence-corrected chi connectivity index (χ0v) is 28.5. The predicted molar refractivity (Wildman–Crippen MR) is 193 cm³/mol. The Labute approximate surface area is 287 Å². The van der Waals surface area contributed by atoms with Gasteiger partial charge in [-0.05, 0) is 129 Å². The molecule has 6 rings (SSSR count). The molecule has 0 unspecified atom stereocenters. The van der Waals surface area contributed by atoms with Gasteiger partial charge in [-0.3, -0.25) is 30.0 Å². The molecule has 0 atom stereocenters. The number of carbonyl (C=O) groups is 4. The number of benzene rings is 4. The lowest BCUT2D eigenvalue weighted by molar-refractivity contribution is -0.118. The minimum atomic E-state index is -0.393. The SMILES string of the molecule is CN(C)c1ccc(C=C2C(=O)NN(c3ccc(I)cc3)C2=O)cc1.O=C1NN(c2ccc(I)cc2)C(=O)C1=Cc1ccccc1. The van der Waals surface area contributed by atoms with Crippen LogP contribution < -0.4 is 25.8 Å². The van der Waals surface area contributed by atoms with Gasteiger partial charge in [0.05, 0.1) is 11.4 Å². The van der Waals surface area contributed by atoms with Gasteiger partial charge in [-0.15, -0.1) is 0 Å². The van der Waals surface area contributed by atoms with Crippen LogP contribution in [0.4, 0.5) is 17.1 Å². The van der Waals surface area contributed by atoms with Crippen LogP contribution in [0.1, 0.15) is 11.1 Å². The molecule has 2 saturated heterocycles. The third-order valence-corrected chi connectivity index (χ3v) is 8.22. The standard InChI is InChI=1S/C18H16IN3O2.C16H11IN2O2/c1-21(2)14-7-3-12(4-8-14)11-16-17(23)20-22(18(16)24)15-9-5-13(19)6-10-15;17-12-6-8-13(9-7-12)19-16(21)14(15(20)18-19)10-11-4-2-1-3-5-11/h3-11H,1-2H3,(H,20,23);1-10H,(H,18,20). The van der Waals surface area contributed by atoms with Gasteiger partial charge in [-0.1, -0.05) is 42.5 Å². The summed E-state index contributed by atoms with van der Waals surface area (Å²) < 4.78 is 2.13. The molecule has 45 heavy (non-hydrogen) atoms. The molecule has 4 amide bonds. The number of halogens is 2. The van der Waals surface area contributed by atoms with Crippen molar-refractivity contribution in [3.63, 3.8) is 0 Å². The van der Waals surface area contributed by atoms with Crippen molar-refractivity contribution in [2.75, 3.05) is 29.0 Å². The number of hydrogen-bond donors (Lipinski definition) is 2. The van der Waals surface area contributed by atoms with Gasteiger partial charge in [0.1, 0.15) is 11.1 Å². The van der Waals surface area contributed by atoms with Gasteiger partial charge in [0, 0.05) is 26.9 Å². The van der Waals surface area contributed by atoms with E-state index in [1.807, 2.05) is 97.9 Å². The van der Waals surface area contributed by atoms with Gasteiger partial charge in [0.15, 0.2) is 0 Å². The van der Waals surface area contributed by atoms with Crippen molar-refractivity contribution in [1.29, 1.82) is 0 Å². The van der Waals surface area contributed by atoms with Crippen LogP contribution in [-0.4, -0.2) is 37.7 Å². The maximum absolute atomic E-state index is 12.5. The second-order valence-corrected chi connectivity index (χ2v) is 12.6. The van der Waals surface area contributed by atoms with Crippen LogP contribution in [-0.2, 0) is 19.2 Å². The molecule has 11 heteroatoms. The van der Waals surface area contributed by atoms with Crippen LogP contribution in [0.2, 0.25) is 0 Å². The van der Waals surface area contributed by atoms with E-state index in [0.717, 1.165) is 24.0 Å². The average Bonchev–Trinajstić information content (AvgIpc) is 3.48. The molecule has 226 valence electrons. The molecule has 2 fully saturated rings. The van der Waals surface area contributed by atoms with E-state index in [4.69, 9.17) is 0 Å². The molecular formula is C34H27I2N5O4. The lowest BCUT2D eigenvalue weighted by atomic mass is 10.1. The van der Waals surface area contributed by atoms with E-state index in [9.17, 15) is 19.2 Å². The molecule has 0 bridgehead atoms. The van der Waals surface area contributed by atoms with Gasteiger partial charge >= 0.3 is 0 Å². The van der Waals surface area contributed by atoms with Crippen LogP contribution in [0.25, 0.3) is 12.2 Å². The van der Waals surface area contributed by atoms with Crippen LogP contribution in [0.15, 0.2) is 114 Å². The summed E-state index contributed by atoms with van der Waals surface area (Å²) in [5.74, 6) is -1.47. The highest BCUT2D eigenvalue weighted by Crippen LogP contribution is 2.24. The van der Waals surface area contributed by atoms with Crippen molar-refractivity contribution in [2.45, 2.75) is 0 Å². The number of carbonyl (C=O) groups excluding carboxylic acids is 4. The molecule has 2 N–H and O–H groups in total. The number of amides is 4. The lowest BCUT2D eigenvalue weighted by Gasteiger charge is -2.14. The highest BCUT2D eigenvalue weighted by atomic mass is 127. The van der Waals surface area contributed by atoms with E-state index in [0.29, 0.717) is 11.4 Å². The normalized spacial score (nSPS) is 16.1. The fraction of sp³-hybridized carbons (Fsp3) is 0.0588. The van der Waals surface area contributed by atoms with E-state index < -0.39 is 5.91 Å². The second-order valence-electron chi connectivity index (χ2n) is 10.1. The Morgan fingerprint density at radius 3 is 1.36 bits per heavy atom. The molecule has 4 aromatic carbocycles. The van der Waals surface area contributed by atoms with Crippen molar-refractivity contribution < 1.29 is 19.2 Å². The van der Waals surface area contributed by atoms with Gasteiger partial charge < -0.3 is 4.90 Å².